The predicted octanol–water partition coefficient (Wildman–Crippen LogP) is 3.39. The molecule has 1 N–H and O–H groups in total. The van der Waals surface area contributed by atoms with Crippen LogP contribution in [0.25, 0.3) is 0 Å². The molecule has 31 heavy (non-hydrogen) atoms. The highest BCUT2D eigenvalue weighted by Gasteiger charge is 2.24. The smallest absolute Gasteiger partial charge is 0.411 e. The van der Waals surface area contributed by atoms with Gasteiger partial charge in [-0.1, -0.05) is 12.7 Å². The average molecular weight is 434 g/mol. The summed E-state index contributed by atoms with van der Waals surface area (Å²) in [6.45, 7) is 5.09. The second-order valence-electron chi connectivity index (χ2n) is 6.94. The fourth-order valence-corrected chi connectivity index (χ4v) is 3.16. The van der Waals surface area contributed by atoms with E-state index in [0.717, 1.165) is 19.3 Å². The van der Waals surface area contributed by atoms with Crippen LogP contribution in [0.3, 0.4) is 0 Å². The van der Waals surface area contributed by atoms with Gasteiger partial charge in [0.05, 0.1) is 32.1 Å². The van der Waals surface area contributed by atoms with E-state index in [1.807, 2.05) is 0 Å². The number of amides is 2. The van der Waals surface area contributed by atoms with Gasteiger partial charge in [0.25, 0.3) is 5.91 Å². The summed E-state index contributed by atoms with van der Waals surface area (Å²) in [6.07, 6.45) is 4.35. The van der Waals surface area contributed by atoms with E-state index in [4.69, 9.17) is 14.2 Å². The largest absolute Gasteiger partial charge is 0.493 e. The van der Waals surface area contributed by atoms with Gasteiger partial charge in [0.2, 0.25) is 0 Å². The number of carbonyl (C=O) groups is 3. The highest BCUT2D eigenvalue weighted by molar-refractivity contribution is 6.03. The average Bonchev–Trinajstić information content (AvgIpc) is 2.80. The summed E-state index contributed by atoms with van der Waals surface area (Å²) in [5.74, 6) is 0.157. The van der Waals surface area contributed by atoms with Crippen LogP contribution in [0.4, 0.5) is 10.5 Å². The minimum absolute atomic E-state index is 0.0360. The highest BCUT2D eigenvalue weighted by atomic mass is 16.5. The fraction of sp³-hybridized carbons (Fsp3) is 0.500. The molecule has 1 saturated heterocycles. The molecule has 1 fully saturated rings. The Morgan fingerprint density at radius 3 is 2.52 bits per heavy atom. The maximum absolute atomic E-state index is 13.1. The first-order valence-corrected chi connectivity index (χ1v) is 10.3. The molecule has 0 atom stereocenters. The van der Waals surface area contributed by atoms with Gasteiger partial charge >= 0.3 is 12.1 Å². The molecule has 1 aliphatic rings. The number of hydrogen-bond donors (Lipinski definition) is 1. The molecule has 0 radical (unpaired) electrons. The molecule has 0 spiro atoms. The molecule has 1 aliphatic heterocycles. The van der Waals surface area contributed by atoms with Gasteiger partial charge in [-0.2, -0.15) is 0 Å². The topological polar surface area (TPSA) is 103 Å². The van der Waals surface area contributed by atoms with Gasteiger partial charge in [-0.15, -0.1) is 0 Å². The molecule has 1 aromatic carbocycles. The molecule has 1 aromatic rings. The molecule has 0 bridgehead atoms. The monoisotopic (exact) mass is 434 g/mol. The normalized spacial score (nSPS) is 13.2. The van der Waals surface area contributed by atoms with Gasteiger partial charge in [-0.25, -0.2) is 4.79 Å². The van der Waals surface area contributed by atoms with E-state index in [-0.39, 0.29) is 42.8 Å². The van der Waals surface area contributed by atoms with Gasteiger partial charge in [-0.05, 0) is 31.7 Å². The van der Waals surface area contributed by atoms with Crippen molar-refractivity contribution >= 4 is 23.7 Å². The number of carbonyl (C=O) groups excluding carboxylic acids is 3. The van der Waals surface area contributed by atoms with E-state index in [9.17, 15) is 14.4 Å². The van der Waals surface area contributed by atoms with Crippen LogP contribution >= 0.6 is 0 Å². The van der Waals surface area contributed by atoms with Crippen LogP contribution in [0.1, 0.15) is 42.5 Å². The number of likely N-dealkylation sites (tertiary alicyclic amines) is 1. The molecular formula is C22H30N2O7. The lowest BCUT2D eigenvalue weighted by Crippen LogP contribution is -2.36. The van der Waals surface area contributed by atoms with Crippen LogP contribution in [0.15, 0.2) is 24.8 Å². The Hall–Kier alpha value is -3.23. The Kier molecular flexibility index (Phi) is 9.67. The van der Waals surface area contributed by atoms with Crippen LogP contribution < -0.4 is 14.8 Å². The second kappa shape index (κ2) is 12.5. The van der Waals surface area contributed by atoms with Gasteiger partial charge in [-0.3, -0.25) is 14.9 Å². The summed E-state index contributed by atoms with van der Waals surface area (Å²) in [4.78, 5) is 38.3. The summed E-state index contributed by atoms with van der Waals surface area (Å²) < 4.78 is 20.7. The molecule has 2 rings (SSSR count). The molecule has 9 nitrogen and oxygen atoms in total. The first-order chi connectivity index (χ1) is 15.0. The van der Waals surface area contributed by atoms with E-state index >= 15 is 0 Å². The molecule has 0 aliphatic carbocycles. The standard InChI is InChI=1S/C22H30N2O7/c1-4-12-31-22(27)23-17-15-19(30-13-8-9-20(25)29-3)18(28-2)14-16(17)21(26)24-10-6-5-7-11-24/h4,14-15H,1,5-13H2,2-3H3,(H,23,27). The molecule has 170 valence electrons. The zero-order valence-electron chi connectivity index (χ0n) is 18.1. The highest BCUT2D eigenvalue weighted by Crippen LogP contribution is 2.35. The van der Waals surface area contributed by atoms with Crippen LogP contribution in [0, 0.1) is 0 Å². The van der Waals surface area contributed by atoms with Crippen molar-refractivity contribution in [3.8, 4) is 11.5 Å². The minimum Gasteiger partial charge on any atom is -0.493 e. The third-order valence-electron chi connectivity index (χ3n) is 4.76. The van der Waals surface area contributed by atoms with Crippen LogP contribution in [0.2, 0.25) is 0 Å². The number of hydrogen-bond acceptors (Lipinski definition) is 7. The Morgan fingerprint density at radius 1 is 1.13 bits per heavy atom. The predicted molar refractivity (Wildman–Crippen MR) is 115 cm³/mol. The van der Waals surface area contributed by atoms with Gasteiger partial charge < -0.3 is 23.8 Å². The van der Waals surface area contributed by atoms with Gasteiger partial charge in [0.15, 0.2) is 11.5 Å². The Balaban J connectivity index is 2.26. The SMILES string of the molecule is C=CCOC(=O)Nc1cc(OCCCC(=O)OC)c(OC)cc1C(=O)N1CCCCC1. The Morgan fingerprint density at radius 2 is 1.87 bits per heavy atom. The van der Waals surface area contributed by atoms with Crippen molar-refractivity contribution in [2.24, 2.45) is 0 Å². The van der Waals surface area contributed by atoms with Gasteiger partial charge in [0.1, 0.15) is 6.61 Å². The van der Waals surface area contributed by atoms with Gasteiger partial charge in [0, 0.05) is 25.6 Å². The summed E-state index contributed by atoms with van der Waals surface area (Å²) in [5.41, 5.74) is 0.546. The Labute approximate surface area is 182 Å². The molecule has 0 saturated carbocycles. The summed E-state index contributed by atoms with van der Waals surface area (Å²) in [5, 5.41) is 2.61. The summed E-state index contributed by atoms with van der Waals surface area (Å²) in [6, 6.07) is 3.08. The van der Waals surface area contributed by atoms with Crippen molar-refractivity contribution in [3.63, 3.8) is 0 Å². The van der Waals surface area contributed by atoms with Crippen LogP contribution in [-0.2, 0) is 14.3 Å². The minimum atomic E-state index is -0.714. The van der Waals surface area contributed by atoms with E-state index < -0.39 is 6.09 Å². The lowest BCUT2D eigenvalue weighted by Gasteiger charge is -2.28. The molecule has 2 amide bonds. The Bertz CT molecular complexity index is 788. The number of benzene rings is 1. The number of esters is 1. The number of ether oxygens (including phenoxy) is 4. The van der Waals surface area contributed by atoms with Crippen molar-refractivity contribution in [1.29, 1.82) is 0 Å². The first kappa shape index (κ1) is 24.0. The number of anilines is 1. The van der Waals surface area contributed by atoms with E-state index in [1.54, 1.807) is 11.0 Å². The van der Waals surface area contributed by atoms with Crippen molar-refractivity contribution in [3.05, 3.63) is 30.4 Å². The molecule has 0 aromatic heterocycles. The summed E-state index contributed by atoms with van der Waals surface area (Å²) >= 11 is 0. The third kappa shape index (κ3) is 7.20. The van der Waals surface area contributed by atoms with Crippen molar-refractivity contribution in [2.75, 3.05) is 45.8 Å². The van der Waals surface area contributed by atoms with Crippen molar-refractivity contribution < 1.29 is 33.3 Å². The van der Waals surface area contributed by atoms with Crippen LogP contribution in [-0.4, -0.2) is 63.4 Å². The van der Waals surface area contributed by atoms with E-state index in [1.165, 1.54) is 26.4 Å². The third-order valence-corrected chi connectivity index (χ3v) is 4.76. The maximum Gasteiger partial charge on any atom is 0.411 e. The number of nitrogens with zero attached hydrogens (tertiary/aromatic N) is 1. The summed E-state index contributed by atoms with van der Waals surface area (Å²) in [7, 11) is 2.80. The number of rotatable bonds is 10. The van der Waals surface area contributed by atoms with E-state index in [0.29, 0.717) is 31.0 Å². The molecular weight excluding hydrogens is 404 g/mol. The van der Waals surface area contributed by atoms with E-state index in [2.05, 4.69) is 16.6 Å². The lowest BCUT2D eigenvalue weighted by molar-refractivity contribution is -0.140. The fourth-order valence-electron chi connectivity index (χ4n) is 3.16. The number of methoxy groups -OCH3 is 2. The molecule has 9 heteroatoms. The number of nitrogens with one attached hydrogen (secondary N) is 1. The quantitative estimate of drug-likeness (QED) is 0.342. The van der Waals surface area contributed by atoms with Crippen molar-refractivity contribution in [1.82, 2.24) is 4.90 Å². The zero-order valence-corrected chi connectivity index (χ0v) is 18.1. The maximum atomic E-state index is 13.1. The van der Waals surface area contributed by atoms with Crippen molar-refractivity contribution in [2.45, 2.75) is 32.1 Å². The number of piperidine rings is 1. The second-order valence-corrected chi connectivity index (χ2v) is 6.94. The zero-order chi connectivity index (χ0) is 22.6. The lowest BCUT2D eigenvalue weighted by atomic mass is 10.1. The van der Waals surface area contributed by atoms with Crippen LogP contribution in [0.5, 0.6) is 11.5 Å². The molecule has 1 heterocycles. The molecule has 0 unspecified atom stereocenters. The first-order valence-electron chi connectivity index (χ1n) is 10.3.